The van der Waals surface area contributed by atoms with Crippen molar-refractivity contribution in [3.63, 3.8) is 0 Å². The number of benzene rings is 1. The highest BCUT2D eigenvalue weighted by atomic mass is 35.5. The summed E-state index contributed by atoms with van der Waals surface area (Å²) in [7, 11) is 0. The molecular weight excluding hydrogens is 400 g/mol. The molecule has 0 spiro atoms. The number of amides is 1. The standard InChI is InChI=1S/C22H25ClN6O/c1-14(2)22(30)28-11-9-27(10-12-28)20-16-13-24-29(18-6-4-3-5-17(18)23)21(16)26-19(25-20)15-7-8-15/h3-6,13-15H,7-12H2,1-2H3. The van der Waals surface area contributed by atoms with Crippen LogP contribution in [0.25, 0.3) is 16.7 Å². The van der Waals surface area contributed by atoms with Gasteiger partial charge in [-0.25, -0.2) is 14.6 Å². The molecule has 1 aliphatic heterocycles. The van der Waals surface area contributed by atoms with Gasteiger partial charge in [-0.3, -0.25) is 4.79 Å². The molecular formula is C22H25ClN6O. The van der Waals surface area contributed by atoms with Crippen molar-refractivity contribution in [3.05, 3.63) is 41.3 Å². The maximum absolute atomic E-state index is 12.4. The van der Waals surface area contributed by atoms with E-state index in [9.17, 15) is 4.79 Å². The number of nitrogens with zero attached hydrogens (tertiary/aromatic N) is 6. The molecule has 0 bridgehead atoms. The van der Waals surface area contributed by atoms with Gasteiger partial charge in [0.15, 0.2) is 5.65 Å². The second kappa shape index (κ2) is 7.54. The van der Waals surface area contributed by atoms with Crippen LogP contribution in [0.5, 0.6) is 0 Å². The van der Waals surface area contributed by atoms with Crippen LogP contribution in [-0.2, 0) is 4.79 Å². The summed E-state index contributed by atoms with van der Waals surface area (Å²) in [5.41, 5.74) is 1.60. The van der Waals surface area contributed by atoms with Crippen molar-refractivity contribution < 1.29 is 4.79 Å². The number of hydrogen-bond donors (Lipinski definition) is 0. The first-order valence-electron chi connectivity index (χ1n) is 10.6. The lowest BCUT2D eigenvalue weighted by atomic mass is 10.1. The van der Waals surface area contributed by atoms with Crippen molar-refractivity contribution >= 4 is 34.4 Å². The van der Waals surface area contributed by atoms with E-state index in [2.05, 4.69) is 10.00 Å². The fraction of sp³-hybridized carbons (Fsp3) is 0.455. The molecule has 2 aromatic heterocycles. The van der Waals surface area contributed by atoms with E-state index in [0.717, 1.165) is 54.3 Å². The maximum atomic E-state index is 12.4. The van der Waals surface area contributed by atoms with Crippen LogP contribution in [0, 0.1) is 5.92 Å². The molecule has 1 saturated carbocycles. The average Bonchev–Trinajstić information content (AvgIpc) is 3.53. The number of hydrogen-bond acceptors (Lipinski definition) is 5. The molecule has 0 unspecified atom stereocenters. The minimum absolute atomic E-state index is 0.0256. The molecule has 1 saturated heterocycles. The fourth-order valence-electron chi connectivity index (χ4n) is 3.98. The van der Waals surface area contributed by atoms with Crippen molar-refractivity contribution in [1.82, 2.24) is 24.6 Å². The highest BCUT2D eigenvalue weighted by molar-refractivity contribution is 6.32. The lowest BCUT2D eigenvalue weighted by Gasteiger charge is -2.36. The smallest absolute Gasteiger partial charge is 0.225 e. The third-order valence-electron chi connectivity index (χ3n) is 5.83. The molecule has 156 valence electrons. The lowest BCUT2D eigenvalue weighted by molar-refractivity contribution is -0.134. The molecule has 3 heterocycles. The van der Waals surface area contributed by atoms with Crippen molar-refractivity contribution in [2.45, 2.75) is 32.6 Å². The molecule has 3 aromatic rings. The Balaban J connectivity index is 1.53. The van der Waals surface area contributed by atoms with E-state index in [0.29, 0.717) is 24.0 Å². The second-order valence-electron chi connectivity index (χ2n) is 8.39. The highest BCUT2D eigenvalue weighted by Gasteiger charge is 2.31. The minimum atomic E-state index is 0.0256. The van der Waals surface area contributed by atoms with Gasteiger partial charge in [-0.05, 0) is 25.0 Å². The number of para-hydroxylation sites is 1. The molecule has 30 heavy (non-hydrogen) atoms. The number of rotatable bonds is 4. The number of carbonyl (C=O) groups excluding carboxylic acids is 1. The fourth-order valence-corrected chi connectivity index (χ4v) is 4.19. The van der Waals surface area contributed by atoms with Crippen LogP contribution in [0.2, 0.25) is 5.02 Å². The summed E-state index contributed by atoms with van der Waals surface area (Å²) in [6.07, 6.45) is 4.08. The monoisotopic (exact) mass is 424 g/mol. The minimum Gasteiger partial charge on any atom is -0.352 e. The number of piperazine rings is 1. The summed E-state index contributed by atoms with van der Waals surface area (Å²) >= 11 is 6.44. The van der Waals surface area contributed by atoms with Crippen LogP contribution in [0.1, 0.15) is 38.4 Å². The molecule has 2 fully saturated rings. The Bertz CT molecular complexity index is 1100. The number of halogens is 1. The van der Waals surface area contributed by atoms with Gasteiger partial charge in [-0.15, -0.1) is 0 Å². The molecule has 1 amide bonds. The predicted octanol–water partition coefficient (Wildman–Crippen LogP) is 3.65. The molecule has 0 N–H and O–H groups in total. The van der Waals surface area contributed by atoms with Gasteiger partial charge in [0.05, 0.1) is 22.3 Å². The molecule has 0 atom stereocenters. The first-order chi connectivity index (χ1) is 14.5. The Morgan fingerprint density at radius 3 is 2.50 bits per heavy atom. The Kier molecular flexibility index (Phi) is 4.85. The van der Waals surface area contributed by atoms with Gasteiger partial charge in [0.25, 0.3) is 0 Å². The Morgan fingerprint density at radius 2 is 1.83 bits per heavy atom. The molecule has 1 aliphatic carbocycles. The van der Waals surface area contributed by atoms with Crippen molar-refractivity contribution in [1.29, 1.82) is 0 Å². The van der Waals surface area contributed by atoms with Gasteiger partial charge >= 0.3 is 0 Å². The van der Waals surface area contributed by atoms with Gasteiger partial charge in [0, 0.05) is 38.0 Å². The molecule has 7 nitrogen and oxygen atoms in total. The normalized spacial score (nSPS) is 17.2. The van der Waals surface area contributed by atoms with Crippen LogP contribution in [0.3, 0.4) is 0 Å². The van der Waals surface area contributed by atoms with Gasteiger partial charge in [0.2, 0.25) is 5.91 Å². The Morgan fingerprint density at radius 1 is 1.10 bits per heavy atom. The van der Waals surface area contributed by atoms with Gasteiger partial charge in [0.1, 0.15) is 11.6 Å². The number of carbonyl (C=O) groups is 1. The van der Waals surface area contributed by atoms with E-state index in [1.807, 2.05) is 53.9 Å². The predicted molar refractivity (Wildman–Crippen MR) is 117 cm³/mol. The van der Waals surface area contributed by atoms with Crippen LogP contribution in [0.15, 0.2) is 30.5 Å². The summed E-state index contributed by atoms with van der Waals surface area (Å²) < 4.78 is 1.81. The highest BCUT2D eigenvalue weighted by Crippen LogP contribution is 2.40. The van der Waals surface area contributed by atoms with Crippen LogP contribution in [0.4, 0.5) is 5.82 Å². The summed E-state index contributed by atoms with van der Waals surface area (Å²) in [6.45, 7) is 6.83. The second-order valence-corrected chi connectivity index (χ2v) is 8.80. The first kappa shape index (κ1) is 19.3. The quantitative estimate of drug-likeness (QED) is 0.639. The maximum Gasteiger partial charge on any atom is 0.225 e. The van der Waals surface area contributed by atoms with Crippen molar-refractivity contribution in [3.8, 4) is 5.69 Å². The third-order valence-corrected chi connectivity index (χ3v) is 6.15. The van der Waals surface area contributed by atoms with Crippen LogP contribution < -0.4 is 4.90 Å². The van der Waals surface area contributed by atoms with E-state index in [1.165, 1.54) is 0 Å². The molecule has 8 heteroatoms. The van der Waals surface area contributed by atoms with Gasteiger partial charge in [-0.1, -0.05) is 37.6 Å². The molecule has 2 aliphatic rings. The van der Waals surface area contributed by atoms with Crippen molar-refractivity contribution in [2.75, 3.05) is 31.1 Å². The number of fused-ring (bicyclic) bond motifs is 1. The first-order valence-corrected chi connectivity index (χ1v) is 10.9. The van der Waals surface area contributed by atoms with Crippen molar-refractivity contribution in [2.24, 2.45) is 5.92 Å². The lowest BCUT2D eigenvalue weighted by Crippen LogP contribution is -2.50. The summed E-state index contributed by atoms with van der Waals surface area (Å²) in [5.74, 6) is 2.46. The number of aromatic nitrogens is 4. The largest absolute Gasteiger partial charge is 0.352 e. The van der Waals surface area contributed by atoms with Crippen LogP contribution >= 0.6 is 11.6 Å². The Hall–Kier alpha value is -2.67. The SMILES string of the molecule is CC(C)C(=O)N1CCN(c2nc(C3CC3)nc3c2cnn3-c2ccccc2Cl)CC1. The summed E-state index contributed by atoms with van der Waals surface area (Å²) in [6, 6.07) is 7.66. The zero-order valence-electron chi connectivity index (χ0n) is 17.3. The zero-order valence-corrected chi connectivity index (χ0v) is 18.0. The molecule has 5 rings (SSSR count). The van der Waals surface area contributed by atoms with E-state index in [1.54, 1.807) is 0 Å². The summed E-state index contributed by atoms with van der Waals surface area (Å²) in [4.78, 5) is 26.4. The summed E-state index contributed by atoms with van der Waals surface area (Å²) in [5, 5.41) is 6.16. The third kappa shape index (κ3) is 3.41. The topological polar surface area (TPSA) is 67.2 Å². The molecule has 1 aromatic carbocycles. The van der Waals surface area contributed by atoms with Crippen LogP contribution in [-0.4, -0.2) is 56.7 Å². The molecule has 0 radical (unpaired) electrons. The van der Waals surface area contributed by atoms with Gasteiger partial charge in [-0.2, -0.15) is 5.10 Å². The van der Waals surface area contributed by atoms with Gasteiger partial charge < -0.3 is 9.80 Å². The average molecular weight is 425 g/mol. The Labute approximate surface area is 180 Å². The van der Waals surface area contributed by atoms with E-state index < -0.39 is 0 Å². The van der Waals surface area contributed by atoms with E-state index in [4.69, 9.17) is 21.6 Å². The van der Waals surface area contributed by atoms with E-state index >= 15 is 0 Å². The van der Waals surface area contributed by atoms with E-state index in [-0.39, 0.29) is 11.8 Å². The zero-order chi connectivity index (χ0) is 20.8. The number of anilines is 1.